The lowest BCUT2D eigenvalue weighted by molar-refractivity contribution is -0.122. The van der Waals surface area contributed by atoms with Gasteiger partial charge in [-0.1, -0.05) is 30.7 Å². The average molecular weight is 364 g/mol. The summed E-state index contributed by atoms with van der Waals surface area (Å²) in [6.07, 6.45) is 5.78. The molecule has 2 aliphatic rings. The summed E-state index contributed by atoms with van der Waals surface area (Å²) in [6, 6.07) is 16.5. The minimum atomic E-state index is -0.0658. The molecular formula is C23H28N2O2. The first kappa shape index (κ1) is 18.1. The van der Waals surface area contributed by atoms with Crippen molar-refractivity contribution < 1.29 is 9.53 Å². The summed E-state index contributed by atoms with van der Waals surface area (Å²) in [5, 5.41) is 3.13. The molecule has 0 spiro atoms. The normalized spacial score (nSPS) is 20.3. The molecule has 4 rings (SSSR count). The molecule has 1 amide bonds. The topological polar surface area (TPSA) is 41.6 Å². The molecule has 1 N–H and O–H groups in total. The Morgan fingerprint density at radius 1 is 1.04 bits per heavy atom. The van der Waals surface area contributed by atoms with Gasteiger partial charge in [0, 0.05) is 12.2 Å². The van der Waals surface area contributed by atoms with E-state index in [4.69, 9.17) is 4.74 Å². The fraction of sp³-hybridized carbons (Fsp3) is 0.435. The summed E-state index contributed by atoms with van der Waals surface area (Å²) >= 11 is 0. The molecule has 1 aliphatic heterocycles. The largest absolute Gasteiger partial charge is 0.497 e. The highest BCUT2D eigenvalue weighted by Gasteiger charge is 2.29. The maximum Gasteiger partial charge on any atom is 0.241 e. The van der Waals surface area contributed by atoms with Gasteiger partial charge in [0.1, 0.15) is 5.75 Å². The van der Waals surface area contributed by atoms with Crippen LogP contribution in [0.4, 0.5) is 5.69 Å². The number of hydrogen-bond donors (Lipinski definition) is 1. The van der Waals surface area contributed by atoms with Crippen LogP contribution in [0.3, 0.4) is 0 Å². The zero-order valence-electron chi connectivity index (χ0n) is 16.0. The number of carbonyl (C=O) groups is 1. The molecule has 2 aromatic rings. The number of carbonyl (C=O) groups excluding carboxylic acids is 1. The van der Waals surface area contributed by atoms with Crippen molar-refractivity contribution in [2.45, 2.75) is 50.6 Å². The number of amides is 1. The molecule has 142 valence electrons. The van der Waals surface area contributed by atoms with E-state index in [9.17, 15) is 4.79 Å². The van der Waals surface area contributed by atoms with Crippen molar-refractivity contribution in [2.75, 3.05) is 19.0 Å². The second-order valence-electron chi connectivity index (χ2n) is 7.72. The maximum absolute atomic E-state index is 12.9. The number of likely N-dealkylation sites (tertiary alicyclic amines) is 1. The fourth-order valence-electron chi connectivity index (χ4n) is 3.92. The van der Waals surface area contributed by atoms with E-state index in [1.807, 2.05) is 24.3 Å². The Kier molecular flexibility index (Phi) is 5.44. The predicted molar refractivity (Wildman–Crippen MR) is 108 cm³/mol. The zero-order chi connectivity index (χ0) is 18.6. The van der Waals surface area contributed by atoms with E-state index in [1.165, 1.54) is 24.0 Å². The SMILES string of the molecule is COc1ccc(CN2CCCC[C@@H]2C(=O)Nc2ccc(C3CC3)cc2)cc1. The summed E-state index contributed by atoms with van der Waals surface area (Å²) in [7, 11) is 1.68. The summed E-state index contributed by atoms with van der Waals surface area (Å²) in [5.74, 6) is 1.72. The average Bonchev–Trinajstić information content (AvgIpc) is 3.55. The number of hydrogen-bond acceptors (Lipinski definition) is 3. The molecule has 2 aromatic carbocycles. The van der Waals surface area contributed by atoms with Gasteiger partial charge in [-0.05, 0) is 73.5 Å². The summed E-state index contributed by atoms with van der Waals surface area (Å²) in [5.41, 5.74) is 3.51. The number of rotatable bonds is 6. The van der Waals surface area contributed by atoms with E-state index in [0.29, 0.717) is 0 Å². The molecule has 27 heavy (non-hydrogen) atoms. The van der Waals surface area contributed by atoms with Gasteiger partial charge in [-0.3, -0.25) is 9.69 Å². The summed E-state index contributed by atoms with van der Waals surface area (Å²) in [6.45, 7) is 1.76. The molecule has 0 aromatic heterocycles. The third kappa shape index (κ3) is 4.51. The predicted octanol–water partition coefficient (Wildman–Crippen LogP) is 4.57. The van der Waals surface area contributed by atoms with Crippen LogP contribution < -0.4 is 10.1 Å². The standard InChI is InChI=1S/C23H28N2O2/c1-27-21-13-5-17(6-14-21)16-25-15-3-2-4-22(25)23(26)24-20-11-9-19(10-12-20)18-7-8-18/h5-6,9-14,18,22H,2-4,7-8,15-16H2,1H3,(H,24,26)/t22-/m1/s1. The van der Waals surface area contributed by atoms with Crippen molar-refractivity contribution in [3.05, 3.63) is 59.7 Å². The van der Waals surface area contributed by atoms with Crippen LogP contribution in [0.5, 0.6) is 5.75 Å². The molecule has 1 saturated heterocycles. The number of nitrogens with zero attached hydrogens (tertiary/aromatic N) is 1. The quantitative estimate of drug-likeness (QED) is 0.817. The highest BCUT2D eigenvalue weighted by molar-refractivity contribution is 5.94. The summed E-state index contributed by atoms with van der Waals surface area (Å²) in [4.78, 5) is 15.2. The Morgan fingerprint density at radius 3 is 2.44 bits per heavy atom. The number of benzene rings is 2. The lowest BCUT2D eigenvalue weighted by Gasteiger charge is -2.34. The fourth-order valence-corrected chi connectivity index (χ4v) is 3.92. The third-order valence-electron chi connectivity index (χ3n) is 5.69. The Labute approximate surface area is 161 Å². The molecule has 0 bridgehead atoms. The summed E-state index contributed by atoms with van der Waals surface area (Å²) < 4.78 is 5.23. The first-order valence-electron chi connectivity index (χ1n) is 10.0. The molecule has 4 nitrogen and oxygen atoms in total. The highest BCUT2D eigenvalue weighted by atomic mass is 16.5. The van der Waals surface area contributed by atoms with Crippen molar-refractivity contribution in [2.24, 2.45) is 0 Å². The van der Waals surface area contributed by atoms with Crippen molar-refractivity contribution in [1.29, 1.82) is 0 Å². The van der Waals surface area contributed by atoms with Crippen LogP contribution in [-0.4, -0.2) is 30.5 Å². The van der Waals surface area contributed by atoms with Crippen LogP contribution in [0.15, 0.2) is 48.5 Å². The van der Waals surface area contributed by atoms with Crippen molar-refractivity contribution in [1.82, 2.24) is 4.90 Å². The number of methoxy groups -OCH3 is 1. The highest BCUT2D eigenvalue weighted by Crippen LogP contribution is 2.40. The smallest absolute Gasteiger partial charge is 0.241 e. The lowest BCUT2D eigenvalue weighted by atomic mass is 10.00. The van der Waals surface area contributed by atoms with E-state index in [0.717, 1.165) is 49.7 Å². The Bertz CT molecular complexity index is 766. The monoisotopic (exact) mass is 364 g/mol. The number of piperidine rings is 1. The van der Waals surface area contributed by atoms with Gasteiger partial charge in [-0.15, -0.1) is 0 Å². The van der Waals surface area contributed by atoms with Crippen LogP contribution in [0, 0.1) is 0 Å². The molecule has 1 saturated carbocycles. The van der Waals surface area contributed by atoms with Crippen LogP contribution in [0.2, 0.25) is 0 Å². The third-order valence-corrected chi connectivity index (χ3v) is 5.69. The minimum Gasteiger partial charge on any atom is -0.497 e. The first-order valence-corrected chi connectivity index (χ1v) is 10.0. The second-order valence-corrected chi connectivity index (χ2v) is 7.72. The Balaban J connectivity index is 1.40. The molecule has 1 aliphatic carbocycles. The van der Waals surface area contributed by atoms with E-state index in [1.54, 1.807) is 7.11 Å². The van der Waals surface area contributed by atoms with Crippen molar-refractivity contribution >= 4 is 11.6 Å². The van der Waals surface area contributed by atoms with Gasteiger partial charge in [0.25, 0.3) is 0 Å². The molecule has 1 heterocycles. The molecule has 1 atom stereocenters. The van der Waals surface area contributed by atoms with Gasteiger partial charge < -0.3 is 10.1 Å². The van der Waals surface area contributed by atoms with Gasteiger partial charge in [0.15, 0.2) is 0 Å². The van der Waals surface area contributed by atoms with Gasteiger partial charge in [-0.25, -0.2) is 0 Å². The van der Waals surface area contributed by atoms with E-state index >= 15 is 0 Å². The van der Waals surface area contributed by atoms with Crippen LogP contribution in [0.25, 0.3) is 0 Å². The Morgan fingerprint density at radius 2 is 1.78 bits per heavy atom. The van der Waals surface area contributed by atoms with E-state index in [2.05, 4.69) is 34.5 Å². The maximum atomic E-state index is 12.9. The first-order chi connectivity index (χ1) is 13.2. The van der Waals surface area contributed by atoms with Gasteiger partial charge >= 0.3 is 0 Å². The molecule has 0 unspecified atom stereocenters. The molecule has 4 heteroatoms. The van der Waals surface area contributed by atoms with E-state index < -0.39 is 0 Å². The Hall–Kier alpha value is -2.33. The second kappa shape index (κ2) is 8.13. The molecule has 0 radical (unpaired) electrons. The van der Waals surface area contributed by atoms with Gasteiger partial charge in [0.05, 0.1) is 13.2 Å². The molecular weight excluding hydrogens is 336 g/mol. The van der Waals surface area contributed by atoms with Gasteiger partial charge in [0.2, 0.25) is 5.91 Å². The number of ether oxygens (including phenoxy) is 1. The van der Waals surface area contributed by atoms with Crippen molar-refractivity contribution in [3.8, 4) is 5.75 Å². The van der Waals surface area contributed by atoms with Gasteiger partial charge in [-0.2, -0.15) is 0 Å². The zero-order valence-corrected chi connectivity index (χ0v) is 16.0. The van der Waals surface area contributed by atoms with Crippen LogP contribution in [0.1, 0.15) is 49.1 Å². The lowest BCUT2D eigenvalue weighted by Crippen LogP contribution is -2.46. The van der Waals surface area contributed by atoms with Crippen LogP contribution >= 0.6 is 0 Å². The number of anilines is 1. The molecule has 2 fully saturated rings. The van der Waals surface area contributed by atoms with Crippen LogP contribution in [-0.2, 0) is 11.3 Å². The minimum absolute atomic E-state index is 0.0658. The number of nitrogens with one attached hydrogen (secondary N) is 1. The van der Waals surface area contributed by atoms with Crippen molar-refractivity contribution in [3.63, 3.8) is 0 Å². The van der Waals surface area contributed by atoms with E-state index in [-0.39, 0.29) is 11.9 Å².